The quantitative estimate of drug-likeness (QED) is 0.192. The highest BCUT2D eigenvalue weighted by Crippen LogP contribution is 2.53. The third-order valence-electron chi connectivity index (χ3n) is 4.74. The second-order valence-corrected chi connectivity index (χ2v) is 11.1. The normalized spacial score (nSPS) is 27.9. The van der Waals surface area contributed by atoms with Gasteiger partial charge in [-0.25, -0.2) is 4.57 Å². The number of hydrogen-bond acceptors (Lipinski definition) is 10. The van der Waals surface area contributed by atoms with Gasteiger partial charge in [-0.2, -0.15) is 9.55 Å². The van der Waals surface area contributed by atoms with E-state index in [1.165, 1.54) is 22.6 Å². The van der Waals surface area contributed by atoms with Crippen molar-refractivity contribution >= 4 is 32.3 Å². The van der Waals surface area contributed by atoms with E-state index in [4.69, 9.17) is 24.6 Å². The Kier molecular flexibility index (Phi) is 6.73. The largest absolute Gasteiger partial charge is 0.778 e. The Labute approximate surface area is 175 Å². The van der Waals surface area contributed by atoms with Crippen molar-refractivity contribution in [3.63, 3.8) is 0 Å². The fourth-order valence-corrected chi connectivity index (χ4v) is 6.01. The van der Waals surface area contributed by atoms with Gasteiger partial charge in [0, 0.05) is 13.0 Å². The number of nitrogens with zero attached hydrogens (tertiary/aromatic N) is 3. The number of aromatic nitrogens is 4. The number of nitrogen functional groups attached to an aromatic ring is 1. The van der Waals surface area contributed by atoms with Gasteiger partial charge in [0.1, 0.15) is 19.6 Å². The molecule has 1 saturated heterocycles. The predicted molar refractivity (Wildman–Crippen MR) is 102 cm³/mol. The SMILES string of the molecule is COC[C@H]1[C@@H](O)[C@H](n2c[n+](C)c3c(=O)[nH]c(N)nc32)O[C@@H]1COP(=O)(O)CP(=O)([O-])O. The van der Waals surface area contributed by atoms with Crippen LogP contribution in [0.3, 0.4) is 0 Å². The first-order valence-electron chi connectivity index (χ1n) is 8.90. The fourth-order valence-electron chi connectivity index (χ4n) is 3.50. The summed E-state index contributed by atoms with van der Waals surface area (Å²) in [5, 5.41) is 10.8. The van der Waals surface area contributed by atoms with E-state index in [2.05, 4.69) is 9.97 Å². The van der Waals surface area contributed by atoms with Crippen LogP contribution in [-0.4, -0.2) is 67.9 Å². The Morgan fingerprint density at radius 3 is 2.71 bits per heavy atom. The smallest absolute Gasteiger partial charge is 0.336 e. The van der Waals surface area contributed by atoms with Crippen molar-refractivity contribution in [3.8, 4) is 0 Å². The third-order valence-corrected chi connectivity index (χ3v) is 8.16. The maximum absolute atomic E-state index is 12.2. The lowest BCUT2D eigenvalue weighted by molar-refractivity contribution is -0.646. The second-order valence-electron chi connectivity index (χ2n) is 7.14. The zero-order chi connectivity index (χ0) is 23.1. The molecule has 6 atom stereocenters. The Hall–Kier alpha value is -1.67. The lowest BCUT2D eigenvalue weighted by Crippen LogP contribution is -2.33. The highest BCUT2D eigenvalue weighted by Gasteiger charge is 2.49. The Morgan fingerprint density at radius 2 is 2.10 bits per heavy atom. The molecule has 0 spiro atoms. The molecule has 174 valence electrons. The molecule has 1 fully saturated rings. The van der Waals surface area contributed by atoms with Crippen LogP contribution in [0.15, 0.2) is 11.1 Å². The molecule has 17 heteroatoms. The van der Waals surface area contributed by atoms with Gasteiger partial charge in [0.25, 0.3) is 11.2 Å². The second kappa shape index (κ2) is 8.70. The lowest BCUT2D eigenvalue weighted by Gasteiger charge is -2.22. The molecule has 0 radical (unpaired) electrons. The molecule has 0 bridgehead atoms. The average Bonchev–Trinajstić information content (AvgIpc) is 3.09. The summed E-state index contributed by atoms with van der Waals surface area (Å²) in [5.74, 6) is -2.35. The number of aryl methyl sites for hydroxylation is 1. The van der Waals surface area contributed by atoms with Gasteiger partial charge in [-0.05, 0) is 0 Å². The molecule has 31 heavy (non-hydrogen) atoms. The molecule has 1 aliphatic rings. The Bertz CT molecular complexity index is 1110. The number of aromatic amines is 1. The zero-order valence-electron chi connectivity index (χ0n) is 16.5. The third kappa shape index (κ3) is 5.22. The number of H-pyrrole nitrogens is 1. The summed E-state index contributed by atoms with van der Waals surface area (Å²) in [5.41, 5.74) is 5.42. The fraction of sp³-hybridized carbons (Fsp3) is 0.643. The van der Waals surface area contributed by atoms with E-state index in [1.807, 2.05) is 0 Å². The van der Waals surface area contributed by atoms with Crippen LogP contribution in [0, 0.1) is 5.92 Å². The predicted octanol–water partition coefficient (Wildman–Crippen LogP) is -2.64. The van der Waals surface area contributed by atoms with Gasteiger partial charge in [-0.15, -0.1) is 0 Å². The molecule has 2 aromatic rings. The molecule has 6 N–H and O–H groups in total. The van der Waals surface area contributed by atoms with Crippen molar-refractivity contribution in [2.24, 2.45) is 13.0 Å². The van der Waals surface area contributed by atoms with Gasteiger partial charge >= 0.3 is 13.2 Å². The molecule has 0 aliphatic carbocycles. The van der Waals surface area contributed by atoms with Crippen molar-refractivity contribution in [2.75, 3.05) is 32.0 Å². The minimum Gasteiger partial charge on any atom is -0.778 e. The van der Waals surface area contributed by atoms with Crippen LogP contribution < -0.4 is 20.8 Å². The van der Waals surface area contributed by atoms with Crippen molar-refractivity contribution in [2.45, 2.75) is 18.4 Å². The number of anilines is 1. The molecule has 0 amide bonds. The number of aliphatic hydroxyl groups is 1. The van der Waals surface area contributed by atoms with Crippen LogP contribution in [0.2, 0.25) is 0 Å². The molecule has 15 nitrogen and oxygen atoms in total. The number of hydrogen-bond donors (Lipinski definition) is 5. The lowest BCUT2D eigenvalue weighted by atomic mass is 9.99. The maximum Gasteiger partial charge on any atom is 0.336 e. The molecule has 1 aliphatic heterocycles. The summed E-state index contributed by atoms with van der Waals surface area (Å²) in [6.07, 6.45) is -1.84. The maximum atomic E-state index is 12.2. The van der Waals surface area contributed by atoms with Crippen LogP contribution in [0.4, 0.5) is 5.95 Å². The van der Waals surface area contributed by atoms with Crippen LogP contribution in [0.25, 0.3) is 11.2 Å². The molecule has 2 unspecified atom stereocenters. The summed E-state index contributed by atoms with van der Waals surface area (Å²) < 4.78 is 41.4. The van der Waals surface area contributed by atoms with E-state index >= 15 is 0 Å². The Morgan fingerprint density at radius 1 is 1.42 bits per heavy atom. The van der Waals surface area contributed by atoms with Crippen molar-refractivity contribution < 1.29 is 47.5 Å². The standard InChI is InChI=1S/C14H23N5O10P2/c1-18-5-19(11-9(18)12(21)17-14(15)16-11)13-10(20)7(3-27-2)8(29-13)4-28-31(25,26)6-30(22,23)24/h5,7-8,10,13,20H,3-4,6H2,1-2H3,(H5-,15,16,17,21,22,23,24,25,26)/t7-,8-,10-,13-/m1/s1. The summed E-state index contributed by atoms with van der Waals surface area (Å²) in [4.78, 5) is 48.0. The molecule has 3 rings (SSSR count). The summed E-state index contributed by atoms with van der Waals surface area (Å²) >= 11 is 0. The van der Waals surface area contributed by atoms with Gasteiger partial charge < -0.3 is 44.1 Å². The minimum atomic E-state index is -5.05. The highest BCUT2D eigenvalue weighted by molar-refractivity contribution is 7.69. The molecular weight excluding hydrogens is 460 g/mol. The van der Waals surface area contributed by atoms with Gasteiger partial charge in [0.15, 0.2) is 0 Å². The van der Waals surface area contributed by atoms with Crippen LogP contribution in [0.5, 0.6) is 0 Å². The molecule has 3 heterocycles. The number of nitrogens with one attached hydrogen (secondary N) is 1. The van der Waals surface area contributed by atoms with Crippen molar-refractivity contribution in [1.29, 1.82) is 0 Å². The number of ether oxygens (including phenoxy) is 2. The topological polar surface area (TPSA) is 226 Å². The number of methoxy groups -OCH3 is 1. The van der Waals surface area contributed by atoms with Gasteiger partial charge in [0.2, 0.25) is 18.5 Å². The van der Waals surface area contributed by atoms with Gasteiger partial charge in [-0.3, -0.25) is 14.3 Å². The number of aliphatic hydroxyl groups excluding tert-OH is 1. The first kappa shape index (κ1) is 24.0. The Balaban J connectivity index is 1.89. The van der Waals surface area contributed by atoms with E-state index in [9.17, 15) is 28.8 Å². The summed E-state index contributed by atoms with van der Waals surface area (Å²) in [7, 11) is -6.77. The first-order chi connectivity index (χ1) is 14.3. The summed E-state index contributed by atoms with van der Waals surface area (Å²) in [6, 6.07) is 0. The van der Waals surface area contributed by atoms with Gasteiger partial charge in [-0.1, -0.05) is 0 Å². The van der Waals surface area contributed by atoms with E-state index < -0.39 is 57.6 Å². The molecular formula is C14H23N5O10P2. The van der Waals surface area contributed by atoms with E-state index in [-0.39, 0.29) is 23.7 Å². The van der Waals surface area contributed by atoms with E-state index in [1.54, 1.807) is 7.05 Å². The van der Waals surface area contributed by atoms with Crippen LogP contribution in [0.1, 0.15) is 6.23 Å². The minimum absolute atomic E-state index is 0.0249. The number of nitrogens with two attached hydrogens (primary N) is 1. The number of imidazole rings is 1. The van der Waals surface area contributed by atoms with Crippen LogP contribution in [-0.2, 0) is 30.2 Å². The van der Waals surface area contributed by atoms with Crippen LogP contribution >= 0.6 is 15.2 Å². The van der Waals surface area contributed by atoms with Crippen molar-refractivity contribution in [3.05, 3.63) is 16.7 Å². The average molecular weight is 483 g/mol. The number of fused-ring (bicyclic) bond motifs is 1. The monoisotopic (exact) mass is 483 g/mol. The van der Waals surface area contributed by atoms with Crippen molar-refractivity contribution in [1.82, 2.24) is 14.5 Å². The summed E-state index contributed by atoms with van der Waals surface area (Å²) in [6.45, 7) is -0.597. The van der Waals surface area contributed by atoms with E-state index in [0.29, 0.717) is 0 Å². The molecule has 0 saturated carbocycles. The van der Waals surface area contributed by atoms with E-state index in [0.717, 1.165) is 0 Å². The molecule has 2 aromatic heterocycles. The zero-order valence-corrected chi connectivity index (χ0v) is 18.3. The first-order valence-corrected chi connectivity index (χ1v) is 12.4. The number of rotatable bonds is 8. The van der Waals surface area contributed by atoms with Gasteiger partial charge in [0.05, 0.1) is 26.4 Å². The highest BCUT2D eigenvalue weighted by atomic mass is 31.2. The molecule has 0 aromatic carbocycles.